The Morgan fingerprint density at radius 3 is 2.65 bits per heavy atom. The lowest BCUT2D eigenvalue weighted by Gasteiger charge is -2.74. The first-order valence-electron chi connectivity index (χ1n) is 15.4. The van der Waals surface area contributed by atoms with E-state index in [9.17, 15) is 9.90 Å². The fourth-order valence-corrected chi connectivity index (χ4v) is 10.9. The number of hydrogen-bond donors (Lipinski definition) is 2. The van der Waals surface area contributed by atoms with E-state index in [4.69, 9.17) is 14.2 Å². The molecule has 0 radical (unpaired) electrons. The van der Waals surface area contributed by atoms with Crippen LogP contribution in [0.5, 0.6) is 11.5 Å². The molecule has 0 aromatic heterocycles. The molecule has 5 fully saturated rings. The van der Waals surface area contributed by atoms with Gasteiger partial charge in [0, 0.05) is 30.0 Å². The summed E-state index contributed by atoms with van der Waals surface area (Å²) in [5.41, 5.74) is 3.53. The lowest BCUT2D eigenvalue weighted by molar-refractivity contribution is -0.284. The number of ether oxygens (including phenoxy) is 3. The van der Waals surface area contributed by atoms with E-state index in [0.717, 1.165) is 61.0 Å². The summed E-state index contributed by atoms with van der Waals surface area (Å²) in [4.78, 5) is 11.8. The summed E-state index contributed by atoms with van der Waals surface area (Å²) in [7, 11) is 3.62. The molecule has 2 spiro atoms. The molecule has 2 N–H and O–H groups in total. The summed E-state index contributed by atoms with van der Waals surface area (Å²) in [6.45, 7) is -0.0779. The summed E-state index contributed by atoms with van der Waals surface area (Å²) in [6.07, 6.45) is 10.7. The zero-order valence-electron chi connectivity index (χ0n) is 23.7. The van der Waals surface area contributed by atoms with Crippen LogP contribution in [-0.4, -0.2) is 43.5 Å². The highest BCUT2D eigenvalue weighted by Gasteiger charge is 2.81. The smallest absolute Gasteiger partial charge is 0.317 e. The van der Waals surface area contributed by atoms with E-state index in [0.29, 0.717) is 5.92 Å². The van der Waals surface area contributed by atoms with Crippen LogP contribution in [0.1, 0.15) is 74.1 Å². The zero-order valence-corrected chi connectivity index (χ0v) is 23.7. The molecular weight excluding hydrogens is 502 g/mol. The minimum absolute atomic E-state index is 0.0754. The summed E-state index contributed by atoms with van der Waals surface area (Å²) < 4.78 is 19.9. The zero-order chi connectivity index (χ0) is 27.3. The van der Waals surface area contributed by atoms with Crippen LogP contribution < -0.4 is 14.8 Å². The van der Waals surface area contributed by atoms with Gasteiger partial charge in [0.2, 0.25) is 0 Å². The Bertz CT molecular complexity index is 1340. The van der Waals surface area contributed by atoms with E-state index in [1.807, 2.05) is 13.2 Å². The summed E-state index contributed by atoms with van der Waals surface area (Å²) >= 11 is 0. The highest BCUT2D eigenvalue weighted by atomic mass is 16.6. The van der Waals surface area contributed by atoms with Gasteiger partial charge in [0.1, 0.15) is 11.7 Å². The monoisotopic (exact) mass is 543 g/mol. The van der Waals surface area contributed by atoms with Gasteiger partial charge in [-0.2, -0.15) is 0 Å². The Morgan fingerprint density at radius 1 is 1.10 bits per heavy atom. The average molecular weight is 544 g/mol. The Morgan fingerprint density at radius 2 is 1.93 bits per heavy atom. The first-order valence-corrected chi connectivity index (χ1v) is 15.4. The van der Waals surface area contributed by atoms with Crippen LogP contribution in [0, 0.1) is 29.1 Å². The van der Waals surface area contributed by atoms with Gasteiger partial charge in [0.15, 0.2) is 11.5 Å². The molecule has 5 saturated carbocycles. The van der Waals surface area contributed by atoms with E-state index in [2.05, 4.69) is 41.7 Å². The van der Waals surface area contributed by atoms with Crippen molar-refractivity contribution in [1.29, 1.82) is 0 Å². The molecule has 8 atom stereocenters. The van der Waals surface area contributed by atoms with Crippen molar-refractivity contribution in [2.75, 3.05) is 20.8 Å². The molecule has 7 aliphatic rings. The Balaban J connectivity index is 1.32. The number of carbonyl (C=O) groups is 1. The molecule has 9 rings (SSSR count). The van der Waals surface area contributed by atoms with Crippen molar-refractivity contribution < 1.29 is 24.1 Å². The molecule has 40 heavy (non-hydrogen) atoms. The van der Waals surface area contributed by atoms with Gasteiger partial charge in [0.25, 0.3) is 0 Å². The van der Waals surface area contributed by atoms with Gasteiger partial charge in [-0.25, -0.2) is 0 Å². The number of aliphatic carboxylic acids is 1. The number of methoxy groups -OCH3 is 2. The Labute approximate surface area is 236 Å². The fraction of sp³-hybridized carbons (Fsp3) is 0.618. The maximum Gasteiger partial charge on any atom is 0.317 e. The van der Waals surface area contributed by atoms with Gasteiger partial charge < -0.3 is 19.3 Å². The van der Waals surface area contributed by atoms with Gasteiger partial charge in [-0.15, -0.1) is 0 Å². The molecule has 0 amide bonds. The van der Waals surface area contributed by atoms with Gasteiger partial charge in [-0.3, -0.25) is 10.1 Å². The third-order valence-corrected chi connectivity index (χ3v) is 12.4. The Kier molecular flexibility index (Phi) is 5.48. The van der Waals surface area contributed by atoms with Crippen molar-refractivity contribution >= 4 is 5.97 Å². The third kappa shape index (κ3) is 3.10. The minimum Gasteiger partial charge on any atom is -0.493 e. The van der Waals surface area contributed by atoms with Crippen molar-refractivity contribution in [3.05, 3.63) is 59.2 Å². The molecule has 2 aromatic carbocycles. The fourth-order valence-electron chi connectivity index (χ4n) is 10.9. The number of fused-ring (bicyclic) bond motifs is 2. The SMILES string of the molecule is COc1ccc2c3c1O[C@H]1[C@@]4(OC)CC[C@@]5(C[C@@H]4C(NCC(=O)O)c4ccccc4)[C@@H](C2)C(CC2CC2)CC[C@]315. The van der Waals surface area contributed by atoms with E-state index < -0.39 is 11.6 Å². The van der Waals surface area contributed by atoms with E-state index in [-0.39, 0.29) is 35.4 Å². The molecule has 2 unspecified atom stereocenters. The first kappa shape index (κ1) is 25.2. The van der Waals surface area contributed by atoms with E-state index in [1.165, 1.54) is 36.8 Å². The topological polar surface area (TPSA) is 77.0 Å². The van der Waals surface area contributed by atoms with Gasteiger partial charge in [-0.05, 0) is 85.3 Å². The molecule has 4 bridgehead atoms. The average Bonchev–Trinajstić information content (AvgIpc) is 3.72. The van der Waals surface area contributed by atoms with Gasteiger partial charge in [0.05, 0.1) is 13.7 Å². The predicted molar refractivity (Wildman–Crippen MR) is 151 cm³/mol. The number of benzene rings is 2. The molecule has 0 saturated heterocycles. The lowest BCUT2D eigenvalue weighted by Crippen LogP contribution is -2.78. The number of rotatable bonds is 9. The van der Waals surface area contributed by atoms with Gasteiger partial charge >= 0.3 is 5.97 Å². The normalized spacial score (nSPS) is 38.9. The first-order chi connectivity index (χ1) is 19.5. The molecule has 212 valence electrons. The number of nitrogens with one attached hydrogen (secondary N) is 1. The van der Waals surface area contributed by atoms with Crippen molar-refractivity contribution in [1.82, 2.24) is 5.32 Å². The largest absolute Gasteiger partial charge is 0.493 e. The van der Waals surface area contributed by atoms with Crippen LogP contribution in [0.15, 0.2) is 42.5 Å². The second-order valence-electron chi connectivity index (χ2n) is 13.7. The van der Waals surface area contributed by atoms with Crippen LogP contribution >= 0.6 is 0 Å². The second kappa shape index (κ2) is 8.72. The molecule has 6 nitrogen and oxygen atoms in total. The number of hydrogen-bond acceptors (Lipinski definition) is 5. The second-order valence-corrected chi connectivity index (χ2v) is 13.7. The highest BCUT2D eigenvalue weighted by Crippen LogP contribution is 2.80. The van der Waals surface area contributed by atoms with Gasteiger partial charge in [-0.1, -0.05) is 49.2 Å². The summed E-state index contributed by atoms with van der Waals surface area (Å²) in [6, 6.07) is 14.7. The molecule has 2 aromatic rings. The molecule has 1 heterocycles. The minimum atomic E-state index is -0.832. The summed E-state index contributed by atoms with van der Waals surface area (Å²) in [5.74, 6) is 3.32. The van der Waals surface area contributed by atoms with Crippen molar-refractivity contribution in [3.63, 3.8) is 0 Å². The van der Waals surface area contributed by atoms with Crippen molar-refractivity contribution in [2.24, 2.45) is 29.1 Å². The van der Waals surface area contributed by atoms with E-state index in [1.54, 1.807) is 7.11 Å². The maximum absolute atomic E-state index is 11.8. The van der Waals surface area contributed by atoms with Crippen molar-refractivity contribution in [2.45, 2.75) is 80.9 Å². The van der Waals surface area contributed by atoms with Crippen LogP contribution in [0.3, 0.4) is 0 Å². The third-order valence-electron chi connectivity index (χ3n) is 12.4. The standard InChI is InChI=1S/C34H41NO5/c1-38-26-11-10-23-17-24-22(16-20-8-9-20)12-13-33-28(23)30(26)40-31(33)34(39-2)15-14-32(24,33)18-25(34)29(35-19-27(36)37)21-6-4-3-5-7-21/h3-7,10-11,20,22,24-25,29,31,35H,8-9,12-19H2,1-2H3,(H,36,37)/t22?,24-,25+,29?,31+,32+,33-,34+/m0/s1. The molecule has 6 aliphatic carbocycles. The molecular formula is C34H41NO5. The highest BCUT2D eigenvalue weighted by molar-refractivity contribution is 5.69. The van der Waals surface area contributed by atoms with Crippen LogP contribution in [-0.2, 0) is 21.4 Å². The van der Waals surface area contributed by atoms with Crippen molar-refractivity contribution in [3.8, 4) is 11.5 Å². The summed E-state index contributed by atoms with van der Waals surface area (Å²) in [5, 5.41) is 13.2. The Hall–Kier alpha value is -2.57. The number of carboxylic acids is 1. The maximum atomic E-state index is 11.8. The van der Waals surface area contributed by atoms with Crippen LogP contribution in [0.4, 0.5) is 0 Å². The number of carboxylic acid groups (broad SMARTS) is 1. The lowest BCUT2D eigenvalue weighted by atomic mass is 9.31. The van der Waals surface area contributed by atoms with Crippen LogP contribution in [0.2, 0.25) is 0 Å². The predicted octanol–water partition coefficient (Wildman–Crippen LogP) is 5.68. The van der Waals surface area contributed by atoms with Crippen LogP contribution in [0.25, 0.3) is 0 Å². The molecule has 6 heteroatoms. The van der Waals surface area contributed by atoms with E-state index >= 15 is 0 Å². The molecule has 1 aliphatic heterocycles. The quantitative estimate of drug-likeness (QED) is 0.424.